The van der Waals surface area contributed by atoms with Crippen molar-refractivity contribution >= 4 is 17.7 Å². The lowest BCUT2D eigenvalue weighted by Gasteiger charge is -2.35. The number of amides is 1. The zero-order valence-corrected chi connectivity index (χ0v) is 16.9. The molecule has 0 aliphatic carbocycles. The fourth-order valence-corrected chi connectivity index (χ4v) is 3.67. The van der Waals surface area contributed by atoms with Gasteiger partial charge < -0.3 is 15.2 Å². The van der Waals surface area contributed by atoms with E-state index in [1.807, 2.05) is 24.4 Å². The third-order valence-electron chi connectivity index (χ3n) is 5.10. The topological polar surface area (TPSA) is 118 Å². The molecule has 2 aliphatic heterocycles. The summed E-state index contributed by atoms with van der Waals surface area (Å²) in [6, 6.07) is 6.36. The first-order chi connectivity index (χ1) is 15.2. The molecule has 2 N–H and O–H groups in total. The van der Waals surface area contributed by atoms with E-state index in [0.29, 0.717) is 18.3 Å². The van der Waals surface area contributed by atoms with E-state index in [-0.39, 0.29) is 12.0 Å². The highest BCUT2D eigenvalue weighted by Crippen LogP contribution is 2.32. The van der Waals surface area contributed by atoms with E-state index in [9.17, 15) is 18.0 Å². The third-order valence-corrected chi connectivity index (χ3v) is 5.10. The average Bonchev–Trinajstić information content (AvgIpc) is 3.17. The van der Waals surface area contributed by atoms with E-state index in [1.165, 1.54) is 6.20 Å². The van der Waals surface area contributed by atoms with Crippen molar-refractivity contribution in [3.63, 3.8) is 0 Å². The van der Waals surface area contributed by atoms with Crippen LogP contribution in [-0.4, -0.2) is 67.8 Å². The number of carboxylic acids is 1. The summed E-state index contributed by atoms with van der Waals surface area (Å²) < 4.78 is 37.8. The predicted molar refractivity (Wildman–Crippen MR) is 105 cm³/mol. The quantitative estimate of drug-likeness (QED) is 0.724. The van der Waals surface area contributed by atoms with Crippen LogP contribution in [0.1, 0.15) is 25.0 Å². The molecular weight excluding hydrogens is 431 g/mol. The van der Waals surface area contributed by atoms with Gasteiger partial charge in [0.15, 0.2) is 5.82 Å². The zero-order valence-electron chi connectivity index (χ0n) is 16.9. The Bertz CT molecular complexity index is 901. The molecule has 2 aromatic rings. The number of carbonyl (C=O) groups is 2. The van der Waals surface area contributed by atoms with E-state index in [0.717, 1.165) is 31.6 Å². The zero-order chi connectivity index (χ0) is 23.1. The molecule has 12 heteroatoms. The summed E-state index contributed by atoms with van der Waals surface area (Å²) in [4.78, 5) is 36.2. The van der Waals surface area contributed by atoms with E-state index in [4.69, 9.17) is 14.6 Å². The Hall–Kier alpha value is -3.12. The number of rotatable bonds is 4. The Balaban J connectivity index is 0.000000360. The lowest BCUT2D eigenvalue weighted by atomic mass is 9.98. The van der Waals surface area contributed by atoms with Gasteiger partial charge in [0, 0.05) is 37.7 Å². The number of ether oxygens (including phenoxy) is 1. The standard InChI is InChI=1S/C18H21N5O2.C2HF3O2/c24-18(22-17-11-19-8-9-21-17)16-5-4-14-15(25-16)6-10-23(14)12-13-3-1-2-7-20-13;3-2(4,5)1(6)7/h1-3,7-9,11,14-16H,4-6,10,12H2,(H,21,22,24);(H,6,7)/t14-,15-,16+;/m1./s1. The minimum absolute atomic E-state index is 0.107. The summed E-state index contributed by atoms with van der Waals surface area (Å²) in [5, 5.41) is 9.91. The number of aromatic nitrogens is 3. The second-order valence-electron chi connectivity index (χ2n) is 7.27. The first kappa shape index (κ1) is 23.5. The van der Waals surface area contributed by atoms with Crippen molar-refractivity contribution in [3.8, 4) is 0 Å². The molecule has 3 atom stereocenters. The van der Waals surface area contributed by atoms with E-state index in [2.05, 4.69) is 25.2 Å². The Labute approximate surface area is 181 Å². The van der Waals surface area contributed by atoms with Crippen LogP contribution in [0.15, 0.2) is 43.0 Å². The van der Waals surface area contributed by atoms with E-state index < -0.39 is 18.2 Å². The second-order valence-corrected chi connectivity index (χ2v) is 7.27. The van der Waals surface area contributed by atoms with Gasteiger partial charge in [0.1, 0.15) is 6.10 Å². The van der Waals surface area contributed by atoms with E-state index in [1.54, 1.807) is 12.4 Å². The molecular formula is C20H22F3N5O4. The summed E-state index contributed by atoms with van der Waals surface area (Å²) in [7, 11) is 0. The molecule has 0 bridgehead atoms. The normalized spacial score (nSPS) is 22.9. The highest BCUT2D eigenvalue weighted by atomic mass is 19.4. The molecule has 9 nitrogen and oxygen atoms in total. The van der Waals surface area contributed by atoms with Gasteiger partial charge in [-0.2, -0.15) is 13.2 Å². The largest absolute Gasteiger partial charge is 0.490 e. The van der Waals surface area contributed by atoms with Gasteiger partial charge in [0.25, 0.3) is 5.91 Å². The van der Waals surface area contributed by atoms with Crippen LogP contribution in [0.2, 0.25) is 0 Å². The minimum atomic E-state index is -5.08. The summed E-state index contributed by atoms with van der Waals surface area (Å²) in [6.07, 6.45) is 3.72. The number of aliphatic carboxylic acids is 1. The molecule has 172 valence electrons. The van der Waals surface area contributed by atoms with Crippen molar-refractivity contribution < 1.29 is 32.6 Å². The number of nitrogens with zero attached hydrogens (tertiary/aromatic N) is 4. The number of nitrogens with one attached hydrogen (secondary N) is 1. The molecule has 0 unspecified atom stereocenters. The molecule has 32 heavy (non-hydrogen) atoms. The van der Waals surface area contributed by atoms with Crippen molar-refractivity contribution in [1.29, 1.82) is 0 Å². The van der Waals surface area contributed by atoms with Crippen LogP contribution in [-0.2, 0) is 20.9 Å². The molecule has 2 saturated heterocycles. The number of hydrogen-bond acceptors (Lipinski definition) is 7. The molecule has 0 radical (unpaired) electrons. The molecule has 4 heterocycles. The highest BCUT2D eigenvalue weighted by Gasteiger charge is 2.41. The first-order valence-electron chi connectivity index (χ1n) is 9.90. The maximum atomic E-state index is 12.4. The number of fused-ring (bicyclic) bond motifs is 1. The van der Waals surface area contributed by atoms with Gasteiger partial charge in [-0.25, -0.2) is 9.78 Å². The lowest BCUT2D eigenvalue weighted by molar-refractivity contribution is -0.192. The fourth-order valence-electron chi connectivity index (χ4n) is 3.67. The van der Waals surface area contributed by atoms with Crippen molar-refractivity contribution in [2.75, 3.05) is 11.9 Å². The van der Waals surface area contributed by atoms with Gasteiger partial charge in [0.2, 0.25) is 0 Å². The van der Waals surface area contributed by atoms with Crippen LogP contribution in [0, 0.1) is 0 Å². The van der Waals surface area contributed by atoms with Crippen molar-refractivity contribution in [2.45, 2.75) is 50.2 Å². The highest BCUT2D eigenvalue weighted by molar-refractivity contribution is 5.93. The van der Waals surface area contributed by atoms with Gasteiger partial charge in [-0.1, -0.05) is 6.07 Å². The van der Waals surface area contributed by atoms with Gasteiger partial charge >= 0.3 is 12.1 Å². The smallest absolute Gasteiger partial charge is 0.475 e. The van der Waals surface area contributed by atoms with Gasteiger partial charge in [-0.05, 0) is 31.4 Å². The number of carboxylic acid groups (broad SMARTS) is 1. The minimum Gasteiger partial charge on any atom is -0.475 e. The number of pyridine rings is 1. The SMILES string of the molecule is O=C(Nc1cnccn1)[C@@H]1CC[C@@H]2[C@@H](CCN2Cc2ccccn2)O1.O=C(O)C(F)(F)F. The monoisotopic (exact) mass is 453 g/mol. The number of halogens is 3. The van der Waals surface area contributed by atoms with Crippen LogP contribution in [0.4, 0.5) is 19.0 Å². The van der Waals surface area contributed by atoms with Crippen molar-refractivity contribution in [2.24, 2.45) is 0 Å². The maximum Gasteiger partial charge on any atom is 0.490 e. The van der Waals surface area contributed by atoms with Crippen molar-refractivity contribution in [3.05, 3.63) is 48.7 Å². The summed E-state index contributed by atoms with van der Waals surface area (Å²) in [5.41, 5.74) is 1.07. The van der Waals surface area contributed by atoms with Crippen LogP contribution in [0.25, 0.3) is 0 Å². The summed E-state index contributed by atoms with van der Waals surface area (Å²) >= 11 is 0. The number of likely N-dealkylation sites (tertiary alicyclic amines) is 1. The van der Waals surface area contributed by atoms with Crippen molar-refractivity contribution in [1.82, 2.24) is 19.9 Å². The predicted octanol–water partition coefficient (Wildman–Crippen LogP) is 2.27. The second kappa shape index (κ2) is 10.5. The summed E-state index contributed by atoms with van der Waals surface area (Å²) in [6.45, 7) is 1.81. The van der Waals surface area contributed by atoms with E-state index >= 15 is 0 Å². The molecule has 1 amide bonds. The molecule has 0 saturated carbocycles. The lowest BCUT2D eigenvalue weighted by Crippen LogP contribution is -2.46. The number of carbonyl (C=O) groups excluding carboxylic acids is 1. The number of hydrogen-bond donors (Lipinski definition) is 2. The maximum absolute atomic E-state index is 12.4. The van der Waals surface area contributed by atoms with Crippen LogP contribution < -0.4 is 5.32 Å². The van der Waals surface area contributed by atoms with Crippen LogP contribution in [0.3, 0.4) is 0 Å². The third kappa shape index (κ3) is 6.44. The molecule has 4 rings (SSSR count). The summed E-state index contributed by atoms with van der Waals surface area (Å²) in [5.74, 6) is -2.43. The molecule has 2 aliphatic rings. The molecule has 2 aromatic heterocycles. The van der Waals surface area contributed by atoms with Gasteiger partial charge in [-0.15, -0.1) is 0 Å². The Kier molecular flexibility index (Phi) is 7.70. The van der Waals surface area contributed by atoms with Gasteiger partial charge in [0.05, 0.1) is 18.0 Å². The Morgan fingerprint density at radius 3 is 2.56 bits per heavy atom. The molecule has 0 spiro atoms. The molecule has 0 aromatic carbocycles. The van der Waals surface area contributed by atoms with Crippen LogP contribution in [0.5, 0.6) is 0 Å². The fraction of sp³-hybridized carbons (Fsp3) is 0.450. The van der Waals surface area contributed by atoms with Crippen LogP contribution >= 0.6 is 0 Å². The average molecular weight is 453 g/mol. The number of anilines is 1. The Morgan fingerprint density at radius 1 is 1.16 bits per heavy atom. The number of alkyl halides is 3. The van der Waals surface area contributed by atoms with Gasteiger partial charge in [-0.3, -0.25) is 19.7 Å². The first-order valence-corrected chi connectivity index (χ1v) is 9.90. The molecule has 2 fully saturated rings. The Morgan fingerprint density at radius 2 is 1.94 bits per heavy atom.